The van der Waals surface area contributed by atoms with Gasteiger partial charge >= 0.3 is 0 Å². The van der Waals surface area contributed by atoms with E-state index in [2.05, 4.69) is 5.32 Å². The van der Waals surface area contributed by atoms with Crippen LogP contribution in [0.25, 0.3) is 0 Å². The van der Waals surface area contributed by atoms with Crippen molar-refractivity contribution in [1.82, 2.24) is 10.2 Å². The van der Waals surface area contributed by atoms with Crippen molar-refractivity contribution in [2.24, 2.45) is 0 Å². The van der Waals surface area contributed by atoms with Crippen LogP contribution in [-0.2, 0) is 9.59 Å². The largest absolute Gasteiger partial charge is 0.347 e. The average molecular weight is 335 g/mol. The number of rotatable bonds is 5. The third-order valence-electron chi connectivity index (χ3n) is 2.45. The van der Waals surface area contributed by atoms with Gasteiger partial charge in [-0.1, -0.05) is 23.2 Å². The summed E-state index contributed by atoms with van der Waals surface area (Å²) in [5, 5.41) is 3.58. The van der Waals surface area contributed by atoms with Gasteiger partial charge in [0, 0.05) is 19.0 Å². The van der Waals surface area contributed by atoms with Crippen molar-refractivity contribution >= 4 is 46.8 Å². The second-order valence-corrected chi connectivity index (χ2v) is 6.25. The number of benzene rings is 1. The summed E-state index contributed by atoms with van der Waals surface area (Å²) in [6.07, 6.45) is 0. The number of nitrogens with one attached hydrogen (secondary N) is 1. The van der Waals surface area contributed by atoms with Gasteiger partial charge in [0.1, 0.15) is 6.04 Å². The Bertz CT molecular complexity index is 509. The molecule has 0 spiro atoms. The van der Waals surface area contributed by atoms with E-state index in [4.69, 9.17) is 23.2 Å². The van der Waals surface area contributed by atoms with Gasteiger partial charge in [-0.15, -0.1) is 11.8 Å². The van der Waals surface area contributed by atoms with Crippen molar-refractivity contribution < 1.29 is 9.59 Å². The van der Waals surface area contributed by atoms with Crippen molar-refractivity contribution in [3.63, 3.8) is 0 Å². The fraction of sp³-hybridized carbons (Fsp3) is 0.385. The Kier molecular flexibility index (Phi) is 6.65. The molecule has 0 radical (unpaired) electrons. The zero-order chi connectivity index (χ0) is 15.3. The number of nitrogens with zero attached hydrogens (tertiary/aromatic N) is 1. The van der Waals surface area contributed by atoms with Crippen LogP contribution in [0.1, 0.15) is 6.92 Å². The maximum absolute atomic E-state index is 11.7. The van der Waals surface area contributed by atoms with Gasteiger partial charge in [0.15, 0.2) is 0 Å². The predicted octanol–water partition coefficient (Wildman–Crippen LogP) is 2.68. The second kappa shape index (κ2) is 7.76. The van der Waals surface area contributed by atoms with Gasteiger partial charge in [-0.2, -0.15) is 0 Å². The Labute approximate surface area is 132 Å². The molecule has 110 valence electrons. The van der Waals surface area contributed by atoms with E-state index in [1.807, 2.05) is 0 Å². The van der Waals surface area contributed by atoms with Crippen molar-refractivity contribution in [2.75, 3.05) is 19.8 Å². The predicted molar refractivity (Wildman–Crippen MR) is 83.5 cm³/mol. The lowest BCUT2D eigenvalue weighted by atomic mass is 10.3. The number of hydrogen-bond acceptors (Lipinski definition) is 3. The monoisotopic (exact) mass is 334 g/mol. The van der Waals surface area contributed by atoms with Gasteiger partial charge < -0.3 is 10.2 Å². The fourth-order valence-electron chi connectivity index (χ4n) is 1.45. The molecule has 0 aliphatic carbocycles. The second-order valence-electron chi connectivity index (χ2n) is 4.39. The molecule has 0 fully saturated rings. The Morgan fingerprint density at radius 1 is 1.30 bits per heavy atom. The lowest BCUT2D eigenvalue weighted by Gasteiger charge is -2.17. The number of thioether (sulfide) groups is 1. The van der Waals surface area contributed by atoms with Crippen LogP contribution in [0.2, 0.25) is 10.0 Å². The van der Waals surface area contributed by atoms with Gasteiger partial charge in [-0.3, -0.25) is 9.59 Å². The van der Waals surface area contributed by atoms with E-state index in [1.54, 1.807) is 39.2 Å². The van der Waals surface area contributed by atoms with Crippen LogP contribution in [0.4, 0.5) is 0 Å². The molecule has 1 aromatic rings. The molecule has 4 nitrogen and oxygen atoms in total. The molecule has 0 aromatic heterocycles. The summed E-state index contributed by atoms with van der Waals surface area (Å²) in [5.74, 6) is -0.134. The summed E-state index contributed by atoms with van der Waals surface area (Å²) < 4.78 is 0. The molecule has 0 aliphatic rings. The maximum atomic E-state index is 11.7. The molecule has 0 bridgehead atoms. The van der Waals surface area contributed by atoms with Gasteiger partial charge in [0.25, 0.3) is 0 Å². The third-order valence-corrected chi connectivity index (χ3v) is 4.18. The maximum Gasteiger partial charge on any atom is 0.244 e. The Morgan fingerprint density at radius 2 is 1.95 bits per heavy atom. The molecule has 1 N–H and O–H groups in total. The lowest BCUT2D eigenvalue weighted by molar-refractivity contribution is -0.133. The van der Waals surface area contributed by atoms with Crippen molar-refractivity contribution in [3.8, 4) is 0 Å². The van der Waals surface area contributed by atoms with E-state index < -0.39 is 6.04 Å². The summed E-state index contributed by atoms with van der Waals surface area (Å²) in [6.45, 7) is 1.66. The first-order valence-corrected chi connectivity index (χ1v) is 7.63. The number of carbonyl (C=O) groups excluding carboxylic acids is 2. The highest BCUT2D eigenvalue weighted by atomic mass is 35.5. The Morgan fingerprint density at radius 3 is 2.50 bits per heavy atom. The minimum atomic E-state index is -0.535. The highest BCUT2D eigenvalue weighted by Gasteiger charge is 2.17. The summed E-state index contributed by atoms with van der Waals surface area (Å²) >= 11 is 13.0. The van der Waals surface area contributed by atoms with Crippen molar-refractivity contribution in [1.29, 1.82) is 0 Å². The molecule has 1 rings (SSSR count). The molecule has 0 aliphatic heterocycles. The standard InChI is InChI=1S/C13H16Cl2N2O2S/c1-8(13(19)17(2)3)16-12(18)7-20-9-4-5-10(14)11(15)6-9/h4-6,8H,7H2,1-3H3,(H,16,18). The molecule has 20 heavy (non-hydrogen) atoms. The molecule has 0 saturated heterocycles. The molecule has 0 heterocycles. The third kappa shape index (κ3) is 5.23. The first-order chi connectivity index (χ1) is 9.31. The normalized spacial score (nSPS) is 11.8. The van der Waals surface area contributed by atoms with Crippen LogP contribution < -0.4 is 5.32 Å². The zero-order valence-electron chi connectivity index (χ0n) is 11.4. The first kappa shape index (κ1) is 17.1. The summed E-state index contributed by atoms with van der Waals surface area (Å²) in [5.41, 5.74) is 0. The van der Waals surface area contributed by atoms with Gasteiger partial charge in [-0.25, -0.2) is 0 Å². The molecule has 2 amide bonds. The fourth-order valence-corrected chi connectivity index (χ4v) is 2.56. The Balaban J connectivity index is 2.47. The average Bonchev–Trinajstić information content (AvgIpc) is 2.39. The highest BCUT2D eigenvalue weighted by molar-refractivity contribution is 8.00. The highest BCUT2D eigenvalue weighted by Crippen LogP contribution is 2.27. The van der Waals surface area contributed by atoms with E-state index in [0.29, 0.717) is 10.0 Å². The van der Waals surface area contributed by atoms with Crippen LogP contribution in [0.5, 0.6) is 0 Å². The summed E-state index contributed by atoms with van der Waals surface area (Å²) in [6, 6.07) is 4.64. The molecule has 1 unspecified atom stereocenters. The van der Waals surface area contributed by atoms with Crippen molar-refractivity contribution in [3.05, 3.63) is 28.2 Å². The van der Waals surface area contributed by atoms with Crippen LogP contribution >= 0.6 is 35.0 Å². The van der Waals surface area contributed by atoms with Crippen LogP contribution in [0.3, 0.4) is 0 Å². The minimum absolute atomic E-state index is 0.141. The molecule has 7 heteroatoms. The van der Waals surface area contributed by atoms with Crippen LogP contribution in [0, 0.1) is 0 Å². The van der Waals surface area contributed by atoms with E-state index in [-0.39, 0.29) is 17.6 Å². The zero-order valence-corrected chi connectivity index (χ0v) is 13.8. The quantitative estimate of drug-likeness (QED) is 0.842. The molecule has 1 aromatic carbocycles. The molecular formula is C13H16Cl2N2O2S. The van der Waals surface area contributed by atoms with Crippen molar-refractivity contribution in [2.45, 2.75) is 17.9 Å². The lowest BCUT2D eigenvalue weighted by Crippen LogP contribution is -2.44. The summed E-state index contributed by atoms with van der Waals surface area (Å²) in [7, 11) is 3.30. The van der Waals surface area contributed by atoms with Crippen LogP contribution in [-0.4, -0.2) is 42.6 Å². The van der Waals surface area contributed by atoms with Crippen LogP contribution in [0.15, 0.2) is 23.1 Å². The number of halogens is 2. The van der Waals surface area contributed by atoms with E-state index in [1.165, 1.54) is 16.7 Å². The van der Waals surface area contributed by atoms with E-state index >= 15 is 0 Å². The molecule has 0 saturated carbocycles. The SMILES string of the molecule is CC(NC(=O)CSc1ccc(Cl)c(Cl)c1)C(=O)N(C)C. The first-order valence-electron chi connectivity index (χ1n) is 5.89. The van der Waals surface area contributed by atoms with E-state index in [0.717, 1.165) is 4.90 Å². The van der Waals surface area contributed by atoms with Gasteiger partial charge in [-0.05, 0) is 25.1 Å². The Hall–Kier alpha value is -0.910. The summed E-state index contributed by atoms with van der Waals surface area (Å²) in [4.78, 5) is 25.6. The smallest absolute Gasteiger partial charge is 0.244 e. The molecular weight excluding hydrogens is 319 g/mol. The minimum Gasteiger partial charge on any atom is -0.347 e. The number of likely N-dealkylation sites (N-methyl/N-ethyl adjacent to an activating group) is 1. The van der Waals surface area contributed by atoms with Gasteiger partial charge in [0.05, 0.1) is 15.8 Å². The van der Waals surface area contributed by atoms with Gasteiger partial charge in [0.2, 0.25) is 11.8 Å². The topological polar surface area (TPSA) is 49.4 Å². The number of hydrogen-bond donors (Lipinski definition) is 1. The van der Waals surface area contributed by atoms with E-state index in [9.17, 15) is 9.59 Å². The number of amides is 2. The number of carbonyl (C=O) groups is 2. The molecule has 1 atom stereocenters.